The summed E-state index contributed by atoms with van der Waals surface area (Å²) in [6, 6.07) is 22.8. The molecule has 1 fully saturated rings. The second-order valence-corrected chi connectivity index (χ2v) is 9.22. The molecule has 0 spiro atoms. The van der Waals surface area contributed by atoms with Crippen molar-refractivity contribution in [2.24, 2.45) is 5.92 Å². The largest absolute Gasteiger partial charge is 0.507 e. The van der Waals surface area contributed by atoms with Crippen molar-refractivity contribution in [3.8, 4) is 5.75 Å². The summed E-state index contributed by atoms with van der Waals surface area (Å²) in [5.41, 5.74) is 2.82. The van der Waals surface area contributed by atoms with Crippen molar-refractivity contribution in [1.82, 2.24) is 0 Å². The Kier molecular flexibility index (Phi) is 6.92. The lowest BCUT2D eigenvalue weighted by molar-refractivity contribution is -0.132. The predicted octanol–water partition coefficient (Wildman–Crippen LogP) is 5.41. The molecule has 35 heavy (non-hydrogen) atoms. The minimum atomic E-state index is -0.759. The topological polar surface area (TPSA) is 70.1 Å². The molecule has 6 nitrogen and oxygen atoms in total. The van der Waals surface area contributed by atoms with E-state index in [1.807, 2.05) is 61.5 Å². The third-order valence-corrected chi connectivity index (χ3v) is 5.92. The Balaban J connectivity index is 1.80. The number of amides is 1. The molecule has 1 aliphatic heterocycles. The van der Waals surface area contributed by atoms with Crippen LogP contribution < -0.4 is 14.5 Å². The molecule has 180 valence electrons. The third kappa shape index (κ3) is 4.92. The van der Waals surface area contributed by atoms with Crippen molar-refractivity contribution in [3.63, 3.8) is 0 Å². The first-order chi connectivity index (χ1) is 16.8. The number of aliphatic hydroxyl groups is 1. The average Bonchev–Trinajstić information content (AvgIpc) is 3.13. The highest BCUT2D eigenvalue weighted by atomic mass is 16.5. The highest BCUT2D eigenvalue weighted by molar-refractivity contribution is 6.51. The standard InChI is InChI=1S/C29H30N2O4/c1-19(2)18-35-24-16-12-21(13-17-24)27(32)25-26(20-10-14-22(15-11-20)30(3)4)31(29(34)28(25)33)23-8-6-5-7-9-23/h5-17,19,26,32H,18H2,1-4H3/b27-25-. The number of carbonyl (C=O) groups is 2. The van der Waals surface area contributed by atoms with Gasteiger partial charge in [0.1, 0.15) is 11.5 Å². The number of aliphatic hydroxyl groups excluding tert-OH is 1. The second-order valence-electron chi connectivity index (χ2n) is 9.22. The summed E-state index contributed by atoms with van der Waals surface area (Å²) in [5, 5.41) is 11.3. The van der Waals surface area contributed by atoms with E-state index in [0.29, 0.717) is 29.5 Å². The quantitative estimate of drug-likeness (QED) is 0.284. The van der Waals surface area contributed by atoms with E-state index < -0.39 is 17.7 Å². The molecule has 0 saturated carbocycles. The number of carbonyl (C=O) groups excluding carboxylic acids is 2. The van der Waals surface area contributed by atoms with E-state index in [0.717, 1.165) is 11.3 Å². The van der Waals surface area contributed by atoms with Gasteiger partial charge in [-0.25, -0.2) is 0 Å². The van der Waals surface area contributed by atoms with Crippen LogP contribution in [0.2, 0.25) is 0 Å². The van der Waals surface area contributed by atoms with E-state index in [2.05, 4.69) is 13.8 Å². The van der Waals surface area contributed by atoms with Gasteiger partial charge in [-0.1, -0.05) is 44.2 Å². The molecule has 4 rings (SSSR count). The van der Waals surface area contributed by atoms with E-state index in [4.69, 9.17) is 4.74 Å². The van der Waals surface area contributed by atoms with Crippen LogP contribution in [0.1, 0.15) is 31.0 Å². The molecule has 1 heterocycles. The SMILES string of the molecule is CC(C)COc1ccc(/C(O)=C2/C(=O)C(=O)N(c3ccccc3)C2c2ccc(N(C)C)cc2)cc1. The lowest BCUT2D eigenvalue weighted by Gasteiger charge is -2.26. The number of hydrogen-bond acceptors (Lipinski definition) is 5. The zero-order chi connectivity index (χ0) is 25.1. The minimum absolute atomic E-state index is 0.0623. The number of benzene rings is 3. The molecule has 0 radical (unpaired) electrons. The first-order valence-corrected chi connectivity index (χ1v) is 11.6. The van der Waals surface area contributed by atoms with E-state index in [-0.39, 0.29) is 11.3 Å². The van der Waals surface area contributed by atoms with Gasteiger partial charge in [-0.3, -0.25) is 14.5 Å². The zero-order valence-corrected chi connectivity index (χ0v) is 20.4. The van der Waals surface area contributed by atoms with Crippen molar-refractivity contribution in [3.05, 3.63) is 95.6 Å². The lowest BCUT2D eigenvalue weighted by atomic mass is 9.95. The summed E-state index contributed by atoms with van der Waals surface area (Å²) >= 11 is 0. The third-order valence-electron chi connectivity index (χ3n) is 5.92. The van der Waals surface area contributed by atoms with Crippen molar-refractivity contribution < 1.29 is 19.4 Å². The van der Waals surface area contributed by atoms with Gasteiger partial charge in [0.05, 0.1) is 18.2 Å². The normalized spacial score (nSPS) is 17.2. The van der Waals surface area contributed by atoms with Crippen molar-refractivity contribution in [2.45, 2.75) is 19.9 Å². The number of Topliss-reactive ketones (excluding diaryl/α,β-unsaturated/α-hetero) is 1. The van der Waals surface area contributed by atoms with E-state index in [9.17, 15) is 14.7 Å². The van der Waals surface area contributed by atoms with Gasteiger partial charge in [-0.2, -0.15) is 0 Å². The average molecular weight is 471 g/mol. The molecular formula is C29H30N2O4. The van der Waals surface area contributed by atoms with E-state index >= 15 is 0 Å². The van der Waals surface area contributed by atoms with Gasteiger partial charge in [-0.15, -0.1) is 0 Å². The minimum Gasteiger partial charge on any atom is -0.507 e. The Labute approximate surface area is 206 Å². The van der Waals surface area contributed by atoms with Crippen LogP contribution in [-0.2, 0) is 9.59 Å². The van der Waals surface area contributed by atoms with Crippen LogP contribution in [0.5, 0.6) is 5.75 Å². The molecule has 0 aromatic heterocycles. The molecule has 0 aliphatic carbocycles. The van der Waals surface area contributed by atoms with Gasteiger partial charge >= 0.3 is 0 Å². The Hall–Kier alpha value is -4.06. The van der Waals surface area contributed by atoms with E-state index in [1.165, 1.54) is 4.90 Å². The number of rotatable bonds is 7. The monoisotopic (exact) mass is 470 g/mol. The van der Waals surface area contributed by atoms with Gasteiger partial charge in [-0.05, 0) is 60.0 Å². The van der Waals surface area contributed by atoms with Crippen molar-refractivity contribution >= 4 is 28.8 Å². The number of hydrogen-bond donors (Lipinski definition) is 1. The highest BCUT2D eigenvalue weighted by Gasteiger charge is 2.46. The summed E-state index contributed by atoms with van der Waals surface area (Å²) in [4.78, 5) is 29.9. The van der Waals surface area contributed by atoms with E-state index in [1.54, 1.807) is 36.4 Å². The zero-order valence-electron chi connectivity index (χ0n) is 20.4. The first kappa shape index (κ1) is 24.1. The number of nitrogens with zero attached hydrogens (tertiary/aromatic N) is 2. The molecule has 3 aromatic rings. The Bertz CT molecular complexity index is 1230. The van der Waals surface area contributed by atoms with Crippen LogP contribution >= 0.6 is 0 Å². The Morgan fingerprint density at radius 1 is 0.943 bits per heavy atom. The number of ether oxygens (including phenoxy) is 1. The van der Waals surface area contributed by atoms with Crippen LogP contribution in [-0.4, -0.2) is 37.5 Å². The van der Waals surface area contributed by atoms with Crippen LogP contribution in [0, 0.1) is 5.92 Å². The predicted molar refractivity (Wildman–Crippen MR) is 139 cm³/mol. The fourth-order valence-electron chi connectivity index (χ4n) is 4.09. The summed E-state index contributed by atoms with van der Waals surface area (Å²) in [5.74, 6) is -0.532. The van der Waals surface area contributed by atoms with Crippen LogP contribution in [0.4, 0.5) is 11.4 Å². The summed E-state index contributed by atoms with van der Waals surface area (Å²) in [7, 11) is 3.89. The fourth-order valence-corrected chi connectivity index (χ4v) is 4.09. The first-order valence-electron chi connectivity index (χ1n) is 11.6. The molecule has 1 atom stereocenters. The van der Waals surface area contributed by atoms with Crippen LogP contribution in [0.25, 0.3) is 5.76 Å². The van der Waals surface area contributed by atoms with Crippen molar-refractivity contribution in [2.75, 3.05) is 30.5 Å². The second kappa shape index (κ2) is 10.1. The molecular weight excluding hydrogens is 440 g/mol. The maximum absolute atomic E-state index is 13.3. The molecule has 1 amide bonds. The molecule has 6 heteroatoms. The van der Waals surface area contributed by atoms with Crippen molar-refractivity contribution in [1.29, 1.82) is 0 Å². The fraction of sp³-hybridized carbons (Fsp3) is 0.241. The molecule has 1 saturated heterocycles. The molecule has 3 aromatic carbocycles. The Morgan fingerprint density at radius 3 is 2.14 bits per heavy atom. The molecule has 1 N–H and O–H groups in total. The smallest absolute Gasteiger partial charge is 0.300 e. The molecule has 1 aliphatic rings. The van der Waals surface area contributed by atoms with Crippen LogP contribution in [0.3, 0.4) is 0 Å². The maximum atomic E-state index is 13.3. The number of anilines is 2. The van der Waals surface area contributed by atoms with Crippen LogP contribution in [0.15, 0.2) is 84.4 Å². The molecule has 0 bridgehead atoms. The van der Waals surface area contributed by atoms with Gasteiger partial charge < -0.3 is 14.7 Å². The summed E-state index contributed by atoms with van der Waals surface area (Å²) in [6.45, 7) is 4.71. The number of para-hydroxylation sites is 1. The van der Waals surface area contributed by atoms with Gasteiger partial charge in [0.15, 0.2) is 0 Å². The number of ketones is 1. The van der Waals surface area contributed by atoms with Gasteiger partial charge in [0, 0.05) is 31.0 Å². The summed E-state index contributed by atoms with van der Waals surface area (Å²) in [6.07, 6.45) is 0. The Morgan fingerprint density at radius 2 is 1.57 bits per heavy atom. The lowest BCUT2D eigenvalue weighted by Crippen LogP contribution is -2.29. The molecule has 1 unspecified atom stereocenters. The maximum Gasteiger partial charge on any atom is 0.300 e. The van der Waals surface area contributed by atoms with Gasteiger partial charge in [0.25, 0.3) is 11.7 Å². The highest BCUT2D eigenvalue weighted by Crippen LogP contribution is 2.42. The summed E-state index contributed by atoms with van der Waals surface area (Å²) < 4.78 is 5.73. The van der Waals surface area contributed by atoms with Gasteiger partial charge in [0.2, 0.25) is 0 Å².